The SMILES string of the molecule is O=[N+]([O-])c1ccc2c(c1)CCC(COC1CCCCO1)O2. The molecule has 0 spiro atoms. The van der Waals surface area contributed by atoms with Crippen LogP contribution in [-0.2, 0) is 15.9 Å². The molecule has 0 bridgehead atoms. The molecule has 0 radical (unpaired) electrons. The number of hydrogen-bond donors (Lipinski definition) is 0. The van der Waals surface area contributed by atoms with Gasteiger partial charge in [0, 0.05) is 24.3 Å². The van der Waals surface area contributed by atoms with E-state index in [4.69, 9.17) is 14.2 Å². The lowest BCUT2D eigenvalue weighted by atomic mass is 10.0. The summed E-state index contributed by atoms with van der Waals surface area (Å²) in [6.07, 6.45) is 4.65. The molecule has 6 nitrogen and oxygen atoms in total. The molecule has 2 aliphatic rings. The van der Waals surface area contributed by atoms with Gasteiger partial charge >= 0.3 is 0 Å². The Labute approximate surface area is 123 Å². The Morgan fingerprint density at radius 3 is 3.00 bits per heavy atom. The molecule has 2 heterocycles. The first kappa shape index (κ1) is 14.3. The largest absolute Gasteiger partial charge is 0.488 e. The van der Waals surface area contributed by atoms with Crippen LogP contribution in [0.5, 0.6) is 5.75 Å². The zero-order valence-electron chi connectivity index (χ0n) is 11.8. The molecule has 6 heteroatoms. The smallest absolute Gasteiger partial charge is 0.269 e. The number of benzene rings is 1. The molecule has 114 valence electrons. The maximum atomic E-state index is 10.8. The highest BCUT2D eigenvalue weighted by molar-refractivity contribution is 5.44. The number of nitro benzene ring substituents is 1. The van der Waals surface area contributed by atoms with E-state index in [1.807, 2.05) is 0 Å². The fourth-order valence-corrected chi connectivity index (χ4v) is 2.72. The molecule has 1 saturated heterocycles. The minimum atomic E-state index is -0.379. The summed E-state index contributed by atoms with van der Waals surface area (Å²) in [5.74, 6) is 0.727. The van der Waals surface area contributed by atoms with E-state index < -0.39 is 0 Å². The molecule has 3 rings (SSSR count). The van der Waals surface area contributed by atoms with E-state index in [1.54, 1.807) is 12.1 Å². The third-order valence-electron chi connectivity index (χ3n) is 3.89. The molecule has 2 aliphatic heterocycles. The van der Waals surface area contributed by atoms with Gasteiger partial charge in [-0.25, -0.2) is 0 Å². The van der Waals surface area contributed by atoms with Crippen molar-refractivity contribution < 1.29 is 19.1 Å². The summed E-state index contributed by atoms with van der Waals surface area (Å²) in [6, 6.07) is 4.75. The van der Waals surface area contributed by atoms with Crippen molar-refractivity contribution in [2.24, 2.45) is 0 Å². The van der Waals surface area contributed by atoms with Crippen LogP contribution in [-0.4, -0.2) is 30.5 Å². The standard InChI is InChI=1S/C15H19NO5/c17-16(18)12-5-7-14-11(9-12)4-6-13(21-14)10-20-15-3-1-2-8-19-15/h5,7,9,13,15H,1-4,6,8,10H2. The van der Waals surface area contributed by atoms with E-state index in [9.17, 15) is 10.1 Å². The van der Waals surface area contributed by atoms with Crippen molar-refractivity contribution in [2.45, 2.75) is 44.5 Å². The monoisotopic (exact) mass is 293 g/mol. The van der Waals surface area contributed by atoms with E-state index in [2.05, 4.69) is 0 Å². The highest BCUT2D eigenvalue weighted by atomic mass is 16.7. The van der Waals surface area contributed by atoms with E-state index in [1.165, 1.54) is 6.07 Å². The molecule has 0 amide bonds. The summed E-state index contributed by atoms with van der Waals surface area (Å²) in [6.45, 7) is 1.27. The van der Waals surface area contributed by atoms with Gasteiger partial charge in [-0.15, -0.1) is 0 Å². The predicted molar refractivity (Wildman–Crippen MR) is 75.4 cm³/mol. The van der Waals surface area contributed by atoms with Gasteiger partial charge in [0.25, 0.3) is 5.69 Å². The van der Waals surface area contributed by atoms with Crippen LogP contribution in [0, 0.1) is 10.1 Å². The molecule has 0 aromatic heterocycles. The summed E-state index contributed by atoms with van der Waals surface area (Å²) >= 11 is 0. The van der Waals surface area contributed by atoms with Gasteiger partial charge in [-0.3, -0.25) is 10.1 Å². The molecule has 2 atom stereocenters. The Hall–Kier alpha value is -1.66. The number of non-ortho nitro benzene ring substituents is 1. The summed E-state index contributed by atoms with van der Waals surface area (Å²) in [5.41, 5.74) is 1.01. The van der Waals surface area contributed by atoms with Gasteiger partial charge in [0.2, 0.25) is 0 Å². The third-order valence-corrected chi connectivity index (χ3v) is 3.89. The van der Waals surface area contributed by atoms with Crippen LogP contribution in [0.3, 0.4) is 0 Å². The highest BCUT2D eigenvalue weighted by Crippen LogP contribution is 2.31. The van der Waals surface area contributed by atoms with Crippen molar-refractivity contribution in [2.75, 3.05) is 13.2 Å². The molecule has 1 aromatic carbocycles. The van der Waals surface area contributed by atoms with Crippen LogP contribution < -0.4 is 4.74 Å². The first-order chi connectivity index (χ1) is 10.2. The zero-order chi connectivity index (χ0) is 14.7. The first-order valence-corrected chi connectivity index (χ1v) is 7.39. The molecule has 1 aromatic rings. The van der Waals surface area contributed by atoms with Crippen molar-refractivity contribution in [3.05, 3.63) is 33.9 Å². The van der Waals surface area contributed by atoms with Gasteiger partial charge < -0.3 is 14.2 Å². The van der Waals surface area contributed by atoms with Crippen molar-refractivity contribution in [1.29, 1.82) is 0 Å². The average Bonchev–Trinajstić information content (AvgIpc) is 2.53. The molecule has 0 aliphatic carbocycles. The molecule has 0 N–H and O–H groups in total. The second kappa shape index (κ2) is 6.41. The minimum absolute atomic E-state index is 0.00974. The van der Waals surface area contributed by atoms with Crippen LogP contribution in [0.2, 0.25) is 0 Å². The molecule has 21 heavy (non-hydrogen) atoms. The van der Waals surface area contributed by atoms with Crippen molar-refractivity contribution in [1.82, 2.24) is 0 Å². The Morgan fingerprint density at radius 1 is 1.33 bits per heavy atom. The lowest BCUT2D eigenvalue weighted by Crippen LogP contribution is -2.32. The number of nitro groups is 1. The predicted octanol–water partition coefficient (Wildman–Crippen LogP) is 2.83. The summed E-state index contributed by atoms with van der Waals surface area (Å²) < 4.78 is 17.1. The maximum absolute atomic E-state index is 10.8. The third kappa shape index (κ3) is 3.51. The van der Waals surface area contributed by atoms with Crippen molar-refractivity contribution in [3.8, 4) is 5.75 Å². The van der Waals surface area contributed by atoms with E-state index in [0.29, 0.717) is 6.61 Å². The van der Waals surface area contributed by atoms with Gasteiger partial charge in [0.15, 0.2) is 6.29 Å². The van der Waals surface area contributed by atoms with Gasteiger partial charge in [0.1, 0.15) is 11.9 Å². The van der Waals surface area contributed by atoms with E-state index in [0.717, 1.165) is 50.0 Å². The van der Waals surface area contributed by atoms with Gasteiger partial charge in [-0.05, 0) is 38.2 Å². The highest BCUT2D eigenvalue weighted by Gasteiger charge is 2.24. The fourth-order valence-electron chi connectivity index (χ4n) is 2.72. The normalized spacial score (nSPS) is 25.0. The van der Waals surface area contributed by atoms with Crippen molar-refractivity contribution >= 4 is 5.69 Å². The van der Waals surface area contributed by atoms with Crippen LogP contribution in [0.15, 0.2) is 18.2 Å². The second-order valence-corrected chi connectivity index (χ2v) is 5.46. The number of nitrogens with zero attached hydrogens (tertiary/aromatic N) is 1. The van der Waals surface area contributed by atoms with E-state index in [-0.39, 0.29) is 23.0 Å². The Balaban J connectivity index is 1.55. The topological polar surface area (TPSA) is 70.8 Å². The quantitative estimate of drug-likeness (QED) is 0.630. The zero-order valence-corrected chi connectivity index (χ0v) is 11.8. The maximum Gasteiger partial charge on any atom is 0.269 e. The van der Waals surface area contributed by atoms with E-state index >= 15 is 0 Å². The number of rotatable bonds is 4. The number of aryl methyl sites for hydroxylation is 1. The lowest BCUT2D eigenvalue weighted by Gasteiger charge is -2.28. The van der Waals surface area contributed by atoms with Crippen LogP contribution in [0.25, 0.3) is 0 Å². The minimum Gasteiger partial charge on any atom is -0.488 e. The van der Waals surface area contributed by atoms with Crippen molar-refractivity contribution in [3.63, 3.8) is 0 Å². The number of hydrogen-bond acceptors (Lipinski definition) is 5. The van der Waals surface area contributed by atoms with Crippen LogP contribution in [0.1, 0.15) is 31.2 Å². The van der Waals surface area contributed by atoms with Crippen LogP contribution >= 0.6 is 0 Å². The first-order valence-electron chi connectivity index (χ1n) is 7.39. The second-order valence-electron chi connectivity index (χ2n) is 5.46. The number of fused-ring (bicyclic) bond motifs is 1. The molecule has 2 unspecified atom stereocenters. The number of ether oxygens (including phenoxy) is 3. The summed E-state index contributed by atoms with van der Waals surface area (Å²) in [4.78, 5) is 10.4. The molecule has 0 saturated carbocycles. The molecule has 1 fully saturated rings. The van der Waals surface area contributed by atoms with Gasteiger partial charge in [-0.1, -0.05) is 0 Å². The summed E-state index contributed by atoms with van der Waals surface area (Å²) in [5, 5.41) is 10.8. The van der Waals surface area contributed by atoms with Gasteiger partial charge in [0.05, 0.1) is 11.5 Å². The summed E-state index contributed by atoms with van der Waals surface area (Å²) in [7, 11) is 0. The van der Waals surface area contributed by atoms with Gasteiger partial charge in [-0.2, -0.15) is 0 Å². The molecular formula is C15H19NO5. The van der Waals surface area contributed by atoms with Crippen LogP contribution in [0.4, 0.5) is 5.69 Å². The molecular weight excluding hydrogens is 274 g/mol. The Bertz CT molecular complexity index is 513. The Morgan fingerprint density at radius 2 is 2.24 bits per heavy atom. The lowest BCUT2D eigenvalue weighted by molar-refractivity contribution is -0.385. The average molecular weight is 293 g/mol. The fraction of sp³-hybridized carbons (Fsp3) is 0.600. The Kier molecular flexibility index (Phi) is 4.36.